The average Bonchev–Trinajstić information content (AvgIpc) is 3.26. The number of ketones is 2. The largest absolute Gasteiger partial charge is 0.363 e. The summed E-state index contributed by atoms with van der Waals surface area (Å²) in [6.45, 7) is 15.4. The number of hydrogen-bond acceptors (Lipinski definition) is 7. The molecule has 0 spiro atoms. The summed E-state index contributed by atoms with van der Waals surface area (Å²) in [7, 11) is -3.74. The Balaban J connectivity index is 1.54. The Labute approximate surface area is 285 Å². The van der Waals surface area contributed by atoms with Gasteiger partial charge in [0.15, 0.2) is 15.6 Å². The topological polar surface area (TPSA) is 173 Å². The number of Topliss-reactive ketones (excluding diaryl/α,β-unsaturated/α-hetero) is 2. The second kappa shape index (κ2) is 13.6. The molecule has 2 saturated carbocycles. The smallest absolute Gasteiger partial charge is 0.315 e. The first-order chi connectivity index (χ1) is 22.1. The van der Waals surface area contributed by atoms with Crippen molar-refractivity contribution in [3.8, 4) is 0 Å². The summed E-state index contributed by atoms with van der Waals surface area (Å²) in [6, 6.07) is 4.73. The summed E-state index contributed by atoms with van der Waals surface area (Å²) >= 11 is 0. The number of likely N-dealkylation sites (tertiary alicyclic amines) is 1. The number of fused-ring (bicyclic) bond motifs is 1. The third kappa shape index (κ3) is 8.12. The van der Waals surface area contributed by atoms with Gasteiger partial charge in [-0.3, -0.25) is 19.2 Å². The van der Waals surface area contributed by atoms with Crippen LogP contribution in [0.25, 0.3) is 0 Å². The van der Waals surface area contributed by atoms with E-state index < -0.39 is 68.3 Å². The van der Waals surface area contributed by atoms with Gasteiger partial charge in [0.1, 0.15) is 6.04 Å². The van der Waals surface area contributed by atoms with Crippen molar-refractivity contribution < 1.29 is 32.4 Å². The highest BCUT2D eigenvalue weighted by Crippen LogP contribution is 2.65. The number of hydrogen-bond donors (Lipinski definition) is 3. The lowest BCUT2D eigenvalue weighted by Gasteiger charge is -2.39. The summed E-state index contributed by atoms with van der Waals surface area (Å²) in [4.78, 5) is 68.4. The number of piperidine rings is 1. The van der Waals surface area contributed by atoms with Crippen molar-refractivity contribution in [2.24, 2.45) is 45.7 Å². The van der Waals surface area contributed by atoms with Crippen LogP contribution in [0, 0.1) is 39.9 Å². The van der Waals surface area contributed by atoms with Gasteiger partial charge in [-0.15, -0.1) is 0 Å². The summed E-state index contributed by atoms with van der Waals surface area (Å²) in [6.07, 6.45) is 3.19. The summed E-state index contributed by atoms with van der Waals surface area (Å²) in [5.41, 5.74) is 3.78. The van der Waals surface area contributed by atoms with Crippen LogP contribution in [0.1, 0.15) is 87.5 Å². The van der Waals surface area contributed by atoms with Crippen LogP contribution in [0.4, 0.5) is 4.79 Å². The number of sulfone groups is 1. The standard InChI is InChI=1S/C36H54N4O7S/c1-34(2,3)26(20-48(46,47)23-15-10-9-11-16-23)38-33(45)39-30(35(4,5)6)32(44)40-19-24-27(36(24,7)8)28(40)25(41)18-22(29(42)31(37)43)17-21-13-12-14-21/h9-11,15-16,21-22,24,26-28,30H,12-14,17-20H2,1-8H3,(H2,37,43)(H2,38,39,45)/t22?,24-,26+,27-,28+,30+/m0/s1. The van der Waals surface area contributed by atoms with Crippen molar-refractivity contribution in [2.75, 3.05) is 12.3 Å². The van der Waals surface area contributed by atoms with Crippen molar-refractivity contribution in [1.29, 1.82) is 0 Å². The molecule has 48 heavy (non-hydrogen) atoms. The minimum absolute atomic E-state index is 0.0789. The maximum atomic E-state index is 14.4. The SMILES string of the molecule is CC(C)(C)[C@H](NC(=O)N[C@H](CS(=O)(=O)c1ccccc1)C(C)(C)C)C(=O)N1C[C@H]2[C@@H]([C@H]1C(=O)CC(CC1CCC1)C(=O)C(N)=O)C2(C)C. The molecule has 6 atom stereocenters. The van der Waals surface area contributed by atoms with Crippen LogP contribution in [0.2, 0.25) is 0 Å². The fourth-order valence-electron chi connectivity index (χ4n) is 7.46. The Morgan fingerprint density at radius 3 is 2.06 bits per heavy atom. The number of amides is 4. The lowest BCUT2D eigenvalue weighted by Crippen LogP contribution is -2.61. The van der Waals surface area contributed by atoms with Gasteiger partial charge in [0.25, 0.3) is 5.91 Å². The first-order valence-corrected chi connectivity index (χ1v) is 18.7. The van der Waals surface area contributed by atoms with Crippen LogP contribution in [0.5, 0.6) is 0 Å². The number of nitrogens with zero attached hydrogens (tertiary/aromatic N) is 1. The molecule has 1 aromatic rings. The zero-order valence-corrected chi connectivity index (χ0v) is 30.5. The minimum atomic E-state index is -3.74. The van der Waals surface area contributed by atoms with Crippen molar-refractivity contribution in [2.45, 2.75) is 111 Å². The summed E-state index contributed by atoms with van der Waals surface area (Å²) < 4.78 is 26.5. The van der Waals surface area contributed by atoms with Crippen LogP contribution < -0.4 is 16.4 Å². The molecule has 0 aromatic heterocycles. The van der Waals surface area contributed by atoms with Gasteiger partial charge in [-0.1, -0.05) is 92.9 Å². The molecule has 11 nitrogen and oxygen atoms in total. The van der Waals surface area contributed by atoms with Crippen LogP contribution in [-0.2, 0) is 29.0 Å². The average molecular weight is 687 g/mol. The molecule has 12 heteroatoms. The van der Waals surface area contributed by atoms with E-state index in [0.29, 0.717) is 13.0 Å². The Bertz CT molecular complexity index is 1520. The fraction of sp³-hybridized carbons (Fsp3) is 0.694. The van der Waals surface area contributed by atoms with Gasteiger partial charge in [-0.25, -0.2) is 13.2 Å². The molecule has 2 aliphatic carbocycles. The van der Waals surface area contributed by atoms with E-state index in [0.717, 1.165) is 19.3 Å². The van der Waals surface area contributed by atoms with Gasteiger partial charge in [0.2, 0.25) is 11.7 Å². The predicted octanol–water partition coefficient (Wildman–Crippen LogP) is 3.89. The number of benzene rings is 1. The molecular formula is C36H54N4O7S. The van der Waals surface area contributed by atoms with Crippen molar-refractivity contribution in [3.63, 3.8) is 0 Å². The number of rotatable bonds is 13. The highest BCUT2D eigenvalue weighted by atomic mass is 32.2. The quantitative estimate of drug-likeness (QED) is 0.264. The van der Waals surface area contributed by atoms with Gasteiger partial charge < -0.3 is 21.3 Å². The monoisotopic (exact) mass is 686 g/mol. The van der Waals surface area contributed by atoms with Crippen LogP contribution >= 0.6 is 0 Å². The van der Waals surface area contributed by atoms with Gasteiger partial charge in [0.05, 0.1) is 16.7 Å². The van der Waals surface area contributed by atoms with E-state index in [4.69, 9.17) is 5.73 Å². The molecule has 1 saturated heterocycles. The molecule has 3 fully saturated rings. The van der Waals surface area contributed by atoms with Crippen molar-refractivity contribution in [1.82, 2.24) is 15.5 Å². The molecule has 0 bridgehead atoms. The molecule has 1 aromatic carbocycles. The second-order valence-electron chi connectivity index (χ2n) is 16.9. The lowest BCUT2D eigenvalue weighted by atomic mass is 9.76. The normalized spacial score (nSPS) is 24.0. The molecule has 0 radical (unpaired) electrons. The number of nitrogens with two attached hydrogens (primary N) is 1. The van der Waals surface area contributed by atoms with Gasteiger partial charge in [-0.2, -0.15) is 0 Å². The van der Waals surface area contributed by atoms with Crippen LogP contribution in [-0.4, -0.2) is 73.2 Å². The number of nitrogens with one attached hydrogen (secondary N) is 2. The maximum absolute atomic E-state index is 14.4. The highest BCUT2D eigenvalue weighted by molar-refractivity contribution is 7.91. The fourth-order valence-corrected chi connectivity index (χ4v) is 9.24. The first-order valence-electron chi connectivity index (χ1n) is 17.1. The van der Waals surface area contributed by atoms with Crippen molar-refractivity contribution >= 4 is 39.2 Å². The zero-order valence-electron chi connectivity index (χ0n) is 29.7. The maximum Gasteiger partial charge on any atom is 0.315 e. The molecule has 1 aliphatic heterocycles. The Morgan fingerprint density at radius 2 is 1.56 bits per heavy atom. The minimum Gasteiger partial charge on any atom is -0.363 e. The van der Waals surface area contributed by atoms with E-state index in [9.17, 15) is 32.4 Å². The third-order valence-electron chi connectivity index (χ3n) is 11.0. The van der Waals surface area contributed by atoms with Crippen molar-refractivity contribution in [3.05, 3.63) is 30.3 Å². The van der Waals surface area contributed by atoms with Crippen LogP contribution in [0.15, 0.2) is 35.2 Å². The molecule has 3 aliphatic rings. The number of primary amides is 1. The second-order valence-corrected chi connectivity index (χ2v) is 19.0. The van der Waals surface area contributed by atoms with Gasteiger partial charge >= 0.3 is 6.03 Å². The Hall–Kier alpha value is -3.28. The van der Waals surface area contributed by atoms with Gasteiger partial charge in [0, 0.05) is 24.9 Å². The number of carbonyl (C=O) groups excluding carboxylic acids is 5. The first kappa shape index (κ1) is 37.5. The summed E-state index contributed by atoms with van der Waals surface area (Å²) in [5, 5.41) is 5.65. The molecule has 4 rings (SSSR count). The van der Waals surface area contributed by atoms with E-state index in [-0.39, 0.29) is 46.0 Å². The van der Waals surface area contributed by atoms with E-state index in [2.05, 4.69) is 24.5 Å². The molecule has 4 N–H and O–H groups in total. The van der Waals surface area contributed by atoms with Gasteiger partial charge in [-0.05, 0) is 52.6 Å². The molecule has 1 heterocycles. The van der Waals surface area contributed by atoms with E-state index in [1.165, 1.54) is 12.1 Å². The number of urea groups is 1. The molecule has 266 valence electrons. The predicted molar refractivity (Wildman–Crippen MR) is 182 cm³/mol. The zero-order chi connectivity index (χ0) is 36.0. The van der Waals surface area contributed by atoms with E-state index in [1.54, 1.807) is 23.1 Å². The third-order valence-corrected chi connectivity index (χ3v) is 12.7. The Morgan fingerprint density at radius 1 is 0.958 bits per heavy atom. The number of carbonyl (C=O) groups is 5. The molecular weight excluding hydrogens is 632 g/mol. The Kier molecular flexibility index (Phi) is 10.6. The van der Waals surface area contributed by atoms with E-state index in [1.807, 2.05) is 41.5 Å². The molecule has 4 amide bonds. The summed E-state index contributed by atoms with van der Waals surface area (Å²) in [5.74, 6) is -3.39. The van der Waals surface area contributed by atoms with E-state index >= 15 is 0 Å². The molecule has 1 unspecified atom stereocenters. The lowest BCUT2D eigenvalue weighted by molar-refractivity contribution is -0.144. The highest BCUT2D eigenvalue weighted by Gasteiger charge is 2.69. The van der Waals surface area contributed by atoms with Crippen LogP contribution in [0.3, 0.4) is 0 Å².